The number of hydrogen-bond donors (Lipinski definition) is 2. The third kappa shape index (κ3) is 4.00. The molecular weight excluding hydrogens is 299 g/mol. The van der Waals surface area contributed by atoms with Crippen LogP contribution in [-0.4, -0.2) is 16.2 Å². The molecule has 23 heavy (non-hydrogen) atoms. The third-order valence-electron chi connectivity index (χ3n) is 3.55. The minimum Gasteiger partial charge on any atom is -0.504 e. The summed E-state index contributed by atoms with van der Waals surface area (Å²) in [6, 6.07) is 8.19. The number of hydrogen-bond acceptors (Lipinski definition) is 4. The zero-order chi connectivity index (χ0) is 16.8. The molecule has 2 aromatic rings. The number of aromatic hydroxyl groups is 2. The molecule has 0 aliphatic rings. The minimum atomic E-state index is -0.767. The van der Waals surface area contributed by atoms with Gasteiger partial charge in [-0.1, -0.05) is 31.9 Å². The van der Waals surface area contributed by atoms with Crippen molar-refractivity contribution < 1.29 is 24.1 Å². The van der Waals surface area contributed by atoms with Crippen molar-refractivity contribution in [2.24, 2.45) is 0 Å². The molecule has 0 heterocycles. The smallest absolute Gasteiger partial charge is 0.344 e. The average molecular weight is 318 g/mol. The Balaban J connectivity index is 2.28. The normalized spacial score (nSPS) is 10.5. The molecule has 122 valence electrons. The van der Waals surface area contributed by atoms with Gasteiger partial charge in [0.2, 0.25) is 0 Å². The standard InChI is InChI=1S/C18H19FO4/c1-2-3-4-7-12-13(10-11-15(20)17(12)21)18(22)23-16-9-6-5-8-14(16)19/h5-6,8-11,20-21H,2-4,7H2,1H3. The summed E-state index contributed by atoms with van der Waals surface area (Å²) in [6.07, 6.45) is 3.09. The Morgan fingerprint density at radius 2 is 1.87 bits per heavy atom. The maximum absolute atomic E-state index is 13.6. The van der Waals surface area contributed by atoms with Gasteiger partial charge >= 0.3 is 5.97 Å². The van der Waals surface area contributed by atoms with E-state index in [4.69, 9.17) is 4.74 Å². The number of carbonyl (C=O) groups excluding carboxylic acids is 1. The highest BCUT2D eigenvalue weighted by molar-refractivity contribution is 5.93. The van der Waals surface area contributed by atoms with Crippen LogP contribution >= 0.6 is 0 Å². The maximum atomic E-state index is 13.6. The lowest BCUT2D eigenvalue weighted by atomic mass is 9.99. The number of para-hydroxylation sites is 1. The number of carbonyl (C=O) groups is 1. The summed E-state index contributed by atoms with van der Waals surface area (Å²) in [6.45, 7) is 2.04. The zero-order valence-electron chi connectivity index (χ0n) is 12.9. The van der Waals surface area contributed by atoms with Crippen molar-refractivity contribution in [1.82, 2.24) is 0 Å². The summed E-state index contributed by atoms with van der Waals surface area (Å²) in [4.78, 5) is 12.3. The van der Waals surface area contributed by atoms with Crippen LogP contribution in [0.15, 0.2) is 36.4 Å². The fourth-order valence-corrected chi connectivity index (χ4v) is 2.30. The van der Waals surface area contributed by atoms with E-state index in [2.05, 4.69) is 0 Å². The van der Waals surface area contributed by atoms with E-state index in [1.165, 1.54) is 30.3 Å². The van der Waals surface area contributed by atoms with E-state index < -0.39 is 11.8 Å². The Labute approximate surface area is 134 Å². The van der Waals surface area contributed by atoms with E-state index in [9.17, 15) is 19.4 Å². The van der Waals surface area contributed by atoms with Crippen LogP contribution in [0.1, 0.15) is 42.1 Å². The van der Waals surface area contributed by atoms with Crippen molar-refractivity contribution in [3.63, 3.8) is 0 Å². The van der Waals surface area contributed by atoms with Crippen molar-refractivity contribution in [3.05, 3.63) is 53.3 Å². The second kappa shape index (κ2) is 7.63. The quantitative estimate of drug-likeness (QED) is 0.363. The Morgan fingerprint density at radius 3 is 2.57 bits per heavy atom. The highest BCUT2D eigenvalue weighted by atomic mass is 19.1. The van der Waals surface area contributed by atoms with Gasteiger partial charge < -0.3 is 14.9 Å². The Bertz CT molecular complexity index is 697. The fourth-order valence-electron chi connectivity index (χ4n) is 2.30. The van der Waals surface area contributed by atoms with Crippen LogP contribution in [0, 0.1) is 5.82 Å². The van der Waals surface area contributed by atoms with Crippen molar-refractivity contribution in [2.75, 3.05) is 0 Å². The second-order valence-electron chi connectivity index (χ2n) is 5.24. The highest BCUT2D eigenvalue weighted by Crippen LogP contribution is 2.33. The predicted molar refractivity (Wildman–Crippen MR) is 84.4 cm³/mol. The SMILES string of the molecule is CCCCCc1c(C(=O)Oc2ccccc2F)ccc(O)c1O. The number of halogens is 1. The van der Waals surface area contributed by atoms with Crippen LogP contribution in [0.3, 0.4) is 0 Å². The van der Waals surface area contributed by atoms with Gasteiger partial charge in [-0.2, -0.15) is 0 Å². The molecule has 0 fully saturated rings. The topological polar surface area (TPSA) is 66.8 Å². The van der Waals surface area contributed by atoms with Crippen LogP contribution in [0.25, 0.3) is 0 Å². The lowest BCUT2D eigenvalue weighted by Gasteiger charge is -2.12. The molecule has 0 spiro atoms. The number of rotatable bonds is 6. The molecule has 0 aromatic heterocycles. The average Bonchev–Trinajstić information content (AvgIpc) is 2.54. The highest BCUT2D eigenvalue weighted by Gasteiger charge is 2.20. The first-order chi connectivity index (χ1) is 11.0. The molecule has 0 unspecified atom stereocenters. The number of benzene rings is 2. The monoisotopic (exact) mass is 318 g/mol. The molecule has 0 aliphatic heterocycles. The maximum Gasteiger partial charge on any atom is 0.344 e. The first kappa shape index (κ1) is 16.8. The summed E-state index contributed by atoms with van der Waals surface area (Å²) in [5.74, 6) is -2.21. The molecule has 0 saturated heterocycles. The van der Waals surface area contributed by atoms with Gasteiger partial charge in [-0.3, -0.25) is 0 Å². The molecule has 0 atom stereocenters. The first-order valence-electron chi connectivity index (χ1n) is 7.55. The summed E-state index contributed by atoms with van der Waals surface area (Å²) in [5.41, 5.74) is 0.444. The number of phenolic OH excluding ortho intramolecular Hbond substituents is 2. The molecule has 0 saturated carbocycles. The molecule has 2 rings (SSSR count). The molecule has 2 aromatic carbocycles. The summed E-state index contributed by atoms with van der Waals surface area (Å²) in [7, 11) is 0. The van der Waals surface area contributed by atoms with E-state index in [1.807, 2.05) is 6.92 Å². The van der Waals surface area contributed by atoms with Crippen LogP contribution in [0.2, 0.25) is 0 Å². The van der Waals surface area contributed by atoms with Crippen molar-refractivity contribution >= 4 is 5.97 Å². The molecule has 4 nitrogen and oxygen atoms in total. The van der Waals surface area contributed by atoms with Gasteiger partial charge in [-0.15, -0.1) is 0 Å². The second-order valence-corrected chi connectivity index (χ2v) is 5.24. The van der Waals surface area contributed by atoms with Crippen LogP contribution < -0.4 is 4.74 Å². The Kier molecular flexibility index (Phi) is 5.57. The van der Waals surface area contributed by atoms with E-state index >= 15 is 0 Å². The van der Waals surface area contributed by atoms with Gasteiger partial charge in [0.25, 0.3) is 0 Å². The number of esters is 1. The largest absolute Gasteiger partial charge is 0.504 e. The van der Waals surface area contributed by atoms with Gasteiger partial charge in [-0.05, 0) is 37.1 Å². The predicted octanol–water partition coefficient (Wildman–Crippen LogP) is 4.19. The van der Waals surface area contributed by atoms with Gasteiger partial charge in [0.1, 0.15) is 0 Å². The van der Waals surface area contributed by atoms with Gasteiger partial charge in [0.05, 0.1) is 5.56 Å². The van der Waals surface area contributed by atoms with E-state index in [-0.39, 0.29) is 22.8 Å². The minimum absolute atomic E-state index is 0.125. The van der Waals surface area contributed by atoms with E-state index in [0.29, 0.717) is 12.0 Å². The number of ether oxygens (including phenoxy) is 1. The zero-order valence-corrected chi connectivity index (χ0v) is 12.9. The summed E-state index contributed by atoms with van der Waals surface area (Å²) in [5, 5.41) is 19.7. The molecule has 0 aliphatic carbocycles. The van der Waals surface area contributed by atoms with Gasteiger partial charge in [-0.25, -0.2) is 9.18 Å². The van der Waals surface area contributed by atoms with Crippen LogP contribution in [-0.2, 0) is 6.42 Å². The molecule has 2 N–H and O–H groups in total. The van der Waals surface area contributed by atoms with Crippen LogP contribution in [0.4, 0.5) is 4.39 Å². The van der Waals surface area contributed by atoms with Crippen molar-refractivity contribution in [2.45, 2.75) is 32.6 Å². The van der Waals surface area contributed by atoms with E-state index in [1.54, 1.807) is 6.07 Å². The summed E-state index contributed by atoms with van der Waals surface area (Å²) < 4.78 is 18.7. The lowest BCUT2D eigenvalue weighted by molar-refractivity contribution is 0.0726. The summed E-state index contributed by atoms with van der Waals surface area (Å²) >= 11 is 0. The molecule has 0 amide bonds. The number of phenols is 2. The van der Waals surface area contributed by atoms with Crippen molar-refractivity contribution in [3.8, 4) is 17.2 Å². The molecule has 0 bridgehead atoms. The fraction of sp³-hybridized carbons (Fsp3) is 0.278. The van der Waals surface area contributed by atoms with Gasteiger partial charge in [0.15, 0.2) is 23.1 Å². The van der Waals surface area contributed by atoms with Gasteiger partial charge in [0, 0.05) is 5.56 Å². The van der Waals surface area contributed by atoms with Crippen LogP contribution in [0.5, 0.6) is 17.2 Å². The first-order valence-corrected chi connectivity index (χ1v) is 7.55. The Hall–Kier alpha value is -2.56. The lowest BCUT2D eigenvalue weighted by Crippen LogP contribution is -2.12. The van der Waals surface area contributed by atoms with Crippen molar-refractivity contribution in [1.29, 1.82) is 0 Å². The van der Waals surface area contributed by atoms with E-state index in [0.717, 1.165) is 19.3 Å². The molecular formula is C18H19FO4. The third-order valence-corrected chi connectivity index (χ3v) is 3.55. The Morgan fingerprint density at radius 1 is 1.13 bits per heavy atom. The molecule has 5 heteroatoms. The number of unbranched alkanes of at least 4 members (excludes halogenated alkanes) is 2. The molecule has 0 radical (unpaired) electrons.